The van der Waals surface area contributed by atoms with E-state index in [0.717, 1.165) is 11.1 Å². The molecule has 0 radical (unpaired) electrons. The van der Waals surface area contributed by atoms with Crippen LogP contribution in [0.25, 0.3) is 17.0 Å². The van der Waals surface area contributed by atoms with Gasteiger partial charge in [-0.2, -0.15) is 4.52 Å². The third-order valence-electron chi connectivity index (χ3n) is 4.69. The number of nitrogens with zero attached hydrogens (tertiary/aromatic N) is 4. The molecule has 2 heterocycles. The van der Waals surface area contributed by atoms with E-state index in [4.69, 9.17) is 14.2 Å². The molecule has 1 amide bonds. The Kier molecular flexibility index (Phi) is 6.45. The number of rotatable bonds is 9. The molecule has 164 valence electrons. The molecule has 0 aliphatic rings. The summed E-state index contributed by atoms with van der Waals surface area (Å²) in [5.74, 6) is 2.16. The minimum absolute atomic E-state index is 0.0559. The van der Waals surface area contributed by atoms with Crippen molar-refractivity contribution in [3.63, 3.8) is 0 Å². The van der Waals surface area contributed by atoms with Crippen molar-refractivity contribution < 1.29 is 19.0 Å². The maximum atomic E-state index is 12.0. The number of amides is 1. The van der Waals surface area contributed by atoms with Gasteiger partial charge in [-0.15, -0.1) is 15.3 Å². The van der Waals surface area contributed by atoms with E-state index in [1.165, 1.54) is 0 Å². The van der Waals surface area contributed by atoms with Gasteiger partial charge in [-0.1, -0.05) is 30.3 Å². The highest BCUT2D eigenvalue weighted by Gasteiger charge is 2.11. The molecule has 4 aromatic rings. The zero-order valence-electron chi connectivity index (χ0n) is 17.8. The summed E-state index contributed by atoms with van der Waals surface area (Å²) in [4.78, 5) is 12.0. The van der Waals surface area contributed by atoms with E-state index in [1.807, 2.05) is 55.5 Å². The van der Waals surface area contributed by atoms with Gasteiger partial charge < -0.3 is 19.5 Å². The van der Waals surface area contributed by atoms with E-state index >= 15 is 0 Å². The SMILES string of the molecule is COc1cccc(-c2nnc3ccc(OCCNC(=O)COc4ccccc4C)nn23)c1. The number of benzene rings is 2. The standard InChI is InChI=1S/C23H23N5O4/c1-16-6-3-4-9-19(16)32-15-21(29)24-12-13-31-22-11-10-20-25-26-23(28(20)27-22)17-7-5-8-18(14-17)30-2/h3-11,14H,12-13,15H2,1-2H3,(H,24,29). The predicted octanol–water partition coefficient (Wildman–Crippen LogP) is 2.68. The van der Waals surface area contributed by atoms with Crippen molar-refractivity contribution in [2.24, 2.45) is 0 Å². The van der Waals surface area contributed by atoms with Crippen LogP contribution < -0.4 is 19.5 Å². The Morgan fingerprint density at radius 2 is 1.91 bits per heavy atom. The molecule has 0 saturated carbocycles. The van der Waals surface area contributed by atoms with Crippen LogP contribution in [0.2, 0.25) is 0 Å². The Hall–Kier alpha value is -4.14. The van der Waals surface area contributed by atoms with Crippen LogP contribution in [0, 0.1) is 6.92 Å². The van der Waals surface area contributed by atoms with E-state index in [2.05, 4.69) is 20.6 Å². The lowest BCUT2D eigenvalue weighted by atomic mass is 10.2. The van der Waals surface area contributed by atoms with Gasteiger partial charge in [0, 0.05) is 11.6 Å². The number of aryl methyl sites for hydroxylation is 1. The van der Waals surface area contributed by atoms with Crippen LogP contribution in [-0.4, -0.2) is 52.6 Å². The van der Waals surface area contributed by atoms with Crippen molar-refractivity contribution in [3.05, 3.63) is 66.2 Å². The summed E-state index contributed by atoms with van der Waals surface area (Å²) >= 11 is 0. The first-order valence-electron chi connectivity index (χ1n) is 10.1. The zero-order valence-corrected chi connectivity index (χ0v) is 17.8. The van der Waals surface area contributed by atoms with E-state index in [-0.39, 0.29) is 19.1 Å². The monoisotopic (exact) mass is 433 g/mol. The Morgan fingerprint density at radius 1 is 1.03 bits per heavy atom. The first-order chi connectivity index (χ1) is 15.6. The molecule has 2 aromatic heterocycles. The van der Waals surface area contributed by atoms with Gasteiger partial charge in [0.2, 0.25) is 5.88 Å². The number of hydrogen-bond donors (Lipinski definition) is 1. The lowest BCUT2D eigenvalue weighted by molar-refractivity contribution is -0.123. The number of carbonyl (C=O) groups is 1. The van der Waals surface area contributed by atoms with Crippen LogP contribution in [0.4, 0.5) is 0 Å². The highest BCUT2D eigenvalue weighted by molar-refractivity contribution is 5.77. The van der Waals surface area contributed by atoms with Gasteiger partial charge >= 0.3 is 0 Å². The number of ether oxygens (including phenoxy) is 3. The van der Waals surface area contributed by atoms with Crippen LogP contribution in [0.15, 0.2) is 60.7 Å². The number of para-hydroxylation sites is 1. The fourth-order valence-electron chi connectivity index (χ4n) is 3.05. The number of fused-ring (bicyclic) bond motifs is 1. The Morgan fingerprint density at radius 3 is 2.75 bits per heavy atom. The second kappa shape index (κ2) is 9.78. The van der Waals surface area contributed by atoms with Crippen LogP contribution in [0.1, 0.15) is 5.56 Å². The maximum absolute atomic E-state index is 12.0. The molecular formula is C23H23N5O4. The molecule has 9 nitrogen and oxygen atoms in total. The molecular weight excluding hydrogens is 410 g/mol. The predicted molar refractivity (Wildman–Crippen MR) is 118 cm³/mol. The van der Waals surface area contributed by atoms with Crippen LogP contribution in [-0.2, 0) is 4.79 Å². The van der Waals surface area contributed by atoms with Crippen LogP contribution >= 0.6 is 0 Å². The van der Waals surface area contributed by atoms with Gasteiger partial charge in [0.25, 0.3) is 5.91 Å². The molecule has 9 heteroatoms. The summed E-state index contributed by atoms with van der Waals surface area (Å²) in [5, 5.41) is 15.6. The molecule has 0 fully saturated rings. The zero-order chi connectivity index (χ0) is 22.3. The number of aromatic nitrogens is 4. The number of nitrogens with one attached hydrogen (secondary N) is 1. The molecule has 0 atom stereocenters. The molecule has 4 rings (SSSR count). The second-order valence-corrected chi connectivity index (χ2v) is 6.95. The van der Waals surface area contributed by atoms with Gasteiger partial charge in [0.15, 0.2) is 18.1 Å². The van der Waals surface area contributed by atoms with Crippen molar-refractivity contribution in [1.82, 2.24) is 25.1 Å². The van der Waals surface area contributed by atoms with E-state index in [9.17, 15) is 4.79 Å². The summed E-state index contributed by atoms with van der Waals surface area (Å²) in [7, 11) is 1.61. The third-order valence-corrected chi connectivity index (χ3v) is 4.69. The quantitative estimate of drug-likeness (QED) is 0.405. The number of methoxy groups -OCH3 is 1. The van der Waals surface area contributed by atoms with Crippen LogP contribution in [0.5, 0.6) is 17.4 Å². The highest BCUT2D eigenvalue weighted by atomic mass is 16.5. The van der Waals surface area contributed by atoms with Crippen LogP contribution in [0.3, 0.4) is 0 Å². The maximum Gasteiger partial charge on any atom is 0.258 e. The minimum Gasteiger partial charge on any atom is -0.497 e. The van der Waals surface area contributed by atoms with Crippen molar-refractivity contribution in [2.45, 2.75) is 6.92 Å². The molecule has 2 aromatic carbocycles. The fraction of sp³-hybridized carbons (Fsp3) is 0.217. The van der Waals surface area contributed by atoms with Crippen molar-refractivity contribution in [3.8, 4) is 28.8 Å². The molecule has 0 saturated heterocycles. The summed E-state index contributed by atoms with van der Waals surface area (Å²) in [5.41, 5.74) is 2.40. The smallest absolute Gasteiger partial charge is 0.258 e. The average molecular weight is 433 g/mol. The number of carbonyl (C=O) groups excluding carboxylic acids is 1. The third kappa shape index (κ3) is 4.94. The Bertz CT molecular complexity index is 1220. The summed E-state index contributed by atoms with van der Waals surface area (Å²) in [6.07, 6.45) is 0. The largest absolute Gasteiger partial charge is 0.497 e. The lowest BCUT2D eigenvalue weighted by Gasteiger charge is -2.10. The lowest BCUT2D eigenvalue weighted by Crippen LogP contribution is -2.32. The van der Waals surface area contributed by atoms with E-state index < -0.39 is 0 Å². The molecule has 0 spiro atoms. The molecule has 0 unspecified atom stereocenters. The first kappa shape index (κ1) is 21.1. The summed E-state index contributed by atoms with van der Waals surface area (Å²) in [6.45, 7) is 2.45. The summed E-state index contributed by atoms with van der Waals surface area (Å²) in [6, 6.07) is 18.5. The van der Waals surface area contributed by atoms with Crippen molar-refractivity contribution >= 4 is 11.6 Å². The van der Waals surface area contributed by atoms with E-state index in [1.54, 1.807) is 23.8 Å². The average Bonchev–Trinajstić information content (AvgIpc) is 3.25. The van der Waals surface area contributed by atoms with E-state index in [0.29, 0.717) is 35.4 Å². The topological polar surface area (TPSA) is 99.9 Å². The van der Waals surface area contributed by atoms with Crippen molar-refractivity contribution in [1.29, 1.82) is 0 Å². The summed E-state index contributed by atoms with van der Waals surface area (Å²) < 4.78 is 18.1. The second-order valence-electron chi connectivity index (χ2n) is 6.95. The minimum atomic E-state index is -0.223. The Labute approximate surface area is 185 Å². The highest BCUT2D eigenvalue weighted by Crippen LogP contribution is 2.23. The van der Waals surface area contributed by atoms with Gasteiger partial charge in [0.05, 0.1) is 13.7 Å². The first-order valence-corrected chi connectivity index (χ1v) is 10.1. The van der Waals surface area contributed by atoms with Gasteiger partial charge in [-0.3, -0.25) is 4.79 Å². The van der Waals surface area contributed by atoms with Crippen molar-refractivity contribution in [2.75, 3.05) is 26.9 Å². The molecule has 0 bridgehead atoms. The molecule has 0 aliphatic heterocycles. The van der Waals surface area contributed by atoms with Gasteiger partial charge in [-0.05, 0) is 36.8 Å². The fourth-order valence-corrected chi connectivity index (χ4v) is 3.05. The molecule has 1 N–H and O–H groups in total. The normalized spacial score (nSPS) is 10.7. The number of hydrogen-bond acceptors (Lipinski definition) is 7. The Balaban J connectivity index is 1.32. The molecule has 0 aliphatic carbocycles. The van der Waals surface area contributed by atoms with Gasteiger partial charge in [0.1, 0.15) is 18.1 Å². The molecule has 32 heavy (non-hydrogen) atoms. The van der Waals surface area contributed by atoms with Gasteiger partial charge in [-0.25, -0.2) is 0 Å².